The van der Waals surface area contributed by atoms with E-state index < -0.39 is 0 Å². The predicted molar refractivity (Wildman–Crippen MR) is 97.8 cm³/mol. The van der Waals surface area contributed by atoms with E-state index in [2.05, 4.69) is 5.32 Å². The van der Waals surface area contributed by atoms with Gasteiger partial charge in [0.1, 0.15) is 12.4 Å². The fourth-order valence-corrected chi connectivity index (χ4v) is 2.83. The molecular weight excluding hydrogens is 324 g/mol. The number of benzene rings is 2. The third kappa shape index (κ3) is 4.28. The average Bonchev–Trinajstić information content (AvgIpc) is 3.14. The van der Waals surface area contributed by atoms with Gasteiger partial charge in [-0.15, -0.1) is 12.4 Å². The Labute approximate surface area is 149 Å². The molecule has 0 bridgehead atoms. The Morgan fingerprint density at radius 1 is 1.17 bits per heavy atom. The predicted octanol–water partition coefficient (Wildman–Crippen LogP) is 3.12. The Balaban J connectivity index is 0.00000208. The van der Waals surface area contributed by atoms with Crippen LogP contribution in [0.5, 0.6) is 5.75 Å². The number of carbonyl (C=O) groups excluding carboxylic acids is 1. The van der Waals surface area contributed by atoms with Crippen molar-refractivity contribution >= 4 is 18.3 Å². The summed E-state index contributed by atoms with van der Waals surface area (Å²) in [5.74, 6) is 0.654. The first-order valence-electron chi connectivity index (χ1n) is 7.99. The van der Waals surface area contributed by atoms with Crippen molar-refractivity contribution in [3.8, 4) is 5.75 Å². The third-order valence-corrected chi connectivity index (χ3v) is 4.26. The molecule has 2 aromatic carbocycles. The lowest BCUT2D eigenvalue weighted by Gasteiger charge is -2.24. The van der Waals surface area contributed by atoms with Gasteiger partial charge in [-0.3, -0.25) is 4.79 Å². The fourth-order valence-electron chi connectivity index (χ4n) is 2.83. The molecule has 1 heterocycles. The zero-order valence-electron chi connectivity index (χ0n) is 13.8. The number of halogens is 1. The van der Waals surface area contributed by atoms with Crippen LogP contribution in [0.15, 0.2) is 54.6 Å². The number of hydrogen-bond donors (Lipinski definition) is 1. The van der Waals surface area contributed by atoms with E-state index in [0.717, 1.165) is 25.1 Å². The van der Waals surface area contributed by atoms with Crippen molar-refractivity contribution in [1.29, 1.82) is 0 Å². The lowest BCUT2D eigenvalue weighted by Crippen LogP contribution is -2.38. The van der Waals surface area contributed by atoms with Crippen molar-refractivity contribution < 1.29 is 9.53 Å². The van der Waals surface area contributed by atoms with Crippen LogP contribution >= 0.6 is 12.4 Å². The highest BCUT2D eigenvalue weighted by Gasteiger charge is 2.25. The van der Waals surface area contributed by atoms with Crippen LogP contribution in [0.2, 0.25) is 0 Å². The summed E-state index contributed by atoms with van der Waals surface area (Å²) in [5, 5.41) is 3.30. The summed E-state index contributed by atoms with van der Waals surface area (Å²) in [6, 6.07) is 17.7. The second-order valence-electron chi connectivity index (χ2n) is 5.83. The summed E-state index contributed by atoms with van der Waals surface area (Å²) in [5.41, 5.74) is 1.71. The Morgan fingerprint density at radius 2 is 1.88 bits per heavy atom. The third-order valence-electron chi connectivity index (χ3n) is 4.26. The highest BCUT2D eigenvalue weighted by atomic mass is 35.5. The van der Waals surface area contributed by atoms with Crippen molar-refractivity contribution in [2.75, 3.05) is 20.1 Å². The van der Waals surface area contributed by atoms with Gasteiger partial charge in [0.25, 0.3) is 5.91 Å². The van der Waals surface area contributed by atoms with Gasteiger partial charge < -0.3 is 15.0 Å². The number of para-hydroxylation sites is 1. The molecule has 1 N–H and O–H groups in total. The largest absolute Gasteiger partial charge is 0.488 e. The monoisotopic (exact) mass is 346 g/mol. The lowest BCUT2D eigenvalue weighted by atomic mass is 10.1. The van der Waals surface area contributed by atoms with Crippen molar-refractivity contribution in [2.45, 2.75) is 19.1 Å². The molecule has 0 aliphatic carbocycles. The molecule has 0 aromatic heterocycles. The summed E-state index contributed by atoms with van der Waals surface area (Å²) in [7, 11) is 1.87. The van der Waals surface area contributed by atoms with Crippen LogP contribution in [-0.4, -0.2) is 37.0 Å². The summed E-state index contributed by atoms with van der Waals surface area (Å²) < 4.78 is 5.89. The molecule has 1 amide bonds. The van der Waals surface area contributed by atoms with Crippen LogP contribution < -0.4 is 10.1 Å². The lowest BCUT2D eigenvalue weighted by molar-refractivity contribution is 0.0739. The van der Waals surface area contributed by atoms with Gasteiger partial charge in [0.2, 0.25) is 0 Å². The van der Waals surface area contributed by atoms with Crippen LogP contribution in [0.4, 0.5) is 0 Å². The van der Waals surface area contributed by atoms with Crippen LogP contribution in [0.1, 0.15) is 22.3 Å². The van der Waals surface area contributed by atoms with E-state index in [9.17, 15) is 4.79 Å². The average molecular weight is 347 g/mol. The van der Waals surface area contributed by atoms with Gasteiger partial charge in [0.15, 0.2) is 0 Å². The number of nitrogens with zero attached hydrogens (tertiary/aromatic N) is 1. The maximum atomic E-state index is 12.8. The van der Waals surface area contributed by atoms with Crippen LogP contribution in [0, 0.1) is 0 Å². The zero-order valence-corrected chi connectivity index (χ0v) is 14.6. The van der Waals surface area contributed by atoms with Crippen molar-refractivity contribution in [3.63, 3.8) is 0 Å². The number of rotatable bonds is 5. The summed E-state index contributed by atoms with van der Waals surface area (Å²) in [6.07, 6.45) is 0.995. The smallest absolute Gasteiger partial charge is 0.257 e. The molecule has 3 rings (SSSR count). The SMILES string of the molecule is CN(C(=O)c1ccccc1OCc1ccccc1)[C@@H]1CCNC1.Cl. The Bertz CT molecular complexity index is 657. The van der Waals surface area contributed by atoms with Gasteiger partial charge in [-0.05, 0) is 30.7 Å². The van der Waals surface area contributed by atoms with Crippen LogP contribution in [-0.2, 0) is 6.61 Å². The molecular formula is C19H23ClN2O2. The molecule has 0 saturated carbocycles. The number of nitrogens with one attached hydrogen (secondary N) is 1. The molecule has 1 aliphatic heterocycles. The van der Waals surface area contributed by atoms with E-state index in [1.807, 2.05) is 66.5 Å². The van der Waals surface area contributed by atoms with Gasteiger partial charge in [0.05, 0.1) is 5.56 Å². The van der Waals surface area contributed by atoms with Crippen molar-refractivity contribution in [2.24, 2.45) is 0 Å². The first-order chi connectivity index (χ1) is 11.3. The van der Waals surface area contributed by atoms with Gasteiger partial charge in [-0.2, -0.15) is 0 Å². The van der Waals surface area contributed by atoms with Gasteiger partial charge in [-0.25, -0.2) is 0 Å². The molecule has 0 radical (unpaired) electrons. The van der Waals surface area contributed by atoms with Gasteiger partial charge in [0, 0.05) is 19.6 Å². The minimum Gasteiger partial charge on any atom is -0.488 e. The standard InChI is InChI=1S/C19H22N2O2.ClH/c1-21(16-11-12-20-13-16)19(22)17-9-5-6-10-18(17)23-14-15-7-3-2-4-8-15;/h2-10,16,20H,11-14H2,1H3;1H/t16-;/m1./s1. The van der Waals surface area contributed by atoms with Crippen LogP contribution in [0.3, 0.4) is 0 Å². The Hall–Kier alpha value is -2.04. The second-order valence-corrected chi connectivity index (χ2v) is 5.83. The molecule has 1 aliphatic rings. The summed E-state index contributed by atoms with van der Waals surface area (Å²) in [6.45, 7) is 2.28. The van der Waals surface area contributed by atoms with Crippen LogP contribution in [0.25, 0.3) is 0 Å². The molecule has 2 aromatic rings. The van der Waals surface area contributed by atoms with E-state index in [4.69, 9.17) is 4.74 Å². The molecule has 4 nitrogen and oxygen atoms in total. The molecule has 1 saturated heterocycles. The quantitative estimate of drug-likeness (QED) is 0.904. The molecule has 0 spiro atoms. The van der Waals surface area contributed by atoms with Crippen molar-refractivity contribution in [3.05, 3.63) is 65.7 Å². The first-order valence-corrected chi connectivity index (χ1v) is 7.99. The molecule has 1 fully saturated rings. The number of likely N-dealkylation sites (N-methyl/N-ethyl adjacent to an activating group) is 1. The molecule has 24 heavy (non-hydrogen) atoms. The highest BCUT2D eigenvalue weighted by molar-refractivity contribution is 5.97. The van der Waals surface area contributed by atoms with E-state index in [1.54, 1.807) is 0 Å². The second kappa shape index (κ2) is 8.71. The van der Waals surface area contributed by atoms with Crippen molar-refractivity contribution in [1.82, 2.24) is 10.2 Å². The van der Waals surface area contributed by atoms with Gasteiger partial charge >= 0.3 is 0 Å². The number of hydrogen-bond acceptors (Lipinski definition) is 3. The summed E-state index contributed by atoms with van der Waals surface area (Å²) >= 11 is 0. The van der Waals surface area contributed by atoms with E-state index in [0.29, 0.717) is 17.9 Å². The number of amides is 1. The van der Waals surface area contributed by atoms with Gasteiger partial charge in [-0.1, -0.05) is 42.5 Å². The Kier molecular flexibility index (Phi) is 6.64. The minimum atomic E-state index is 0. The summed E-state index contributed by atoms with van der Waals surface area (Å²) in [4.78, 5) is 14.6. The normalized spacial score (nSPS) is 16.3. The fraction of sp³-hybridized carbons (Fsp3) is 0.316. The molecule has 128 valence electrons. The highest BCUT2D eigenvalue weighted by Crippen LogP contribution is 2.22. The minimum absolute atomic E-state index is 0. The number of ether oxygens (including phenoxy) is 1. The zero-order chi connectivity index (χ0) is 16.1. The molecule has 5 heteroatoms. The number of carbonyl (C=O) groups is 1. The molecule has 1 atom stereocenters. The van der Waals surface area contributed by atoms with E-state index >= 15 is 0 Å². The topological polar surface area (TPSA) is 41.6 Å². The Morgan fingerprint density at radius 3 is 2.58 bits per heavy atom. The van der Waals surface area contributed by atoms with E-state index in [1.165, 1.54) is 0 Å². The maximum Gasteiger partial charge on any atom is 0.257 e. The first kappa shape index (κ1) is 18.3. The van der Waals surface area contributed by atoms with E-state index in [-0.39, 0.29) is 24.4 Å². The maximum absolute atomic E-state index is 12.8. The molecule has 0 unspecified atom stereocenters.